The summed E-state index contributed by atoms with van der Waals surface area (Å²) in [5.74, 6) is -2.41. The molecule has 0 spiro atoms. The van der Waals surface area contributed by atoms with Crippen LogP contribution in [0.2, 0.25) is 0 Å². The lowest BCUT2D eigenvalue weighted by atomic mass is 10.0. The van der Waals surface area contributed by atoms with Gasteiger partial charge in [-0.15, -0.1) is 0 Å². The summed E-state index contributed by atoms with van der Waals surface area (Å²) in [6.07, 6.45) is 0. The van der Waals surface area contributed by atoms with Gasteiger partial charge >= 0.3 is 5.97 Å². The third-order valence-corrected chi connectivity index (χ3v) is 4.94. The number of aryl methyl sites for hydroxylation is 1. The van der Waals surface area contributed by atoms with Crippen LogP contribution < -0.4 is 5.56 Å². The Morgan fingerprint density at radius 3 is 2.56 bits per heavy atom. The lowest BCUT2D eigenvalue weighted by Gasteiger charge is -2.11. The number of aromatic nitrogens is 3. The minimum absolute atomic E-state index is 0.0456. The lowest BCUT2D eigenvalue weighted by Crippen LogP contribution is -2.26. The van der Waals surface area contributed by atoms with Gasteiger partial charge < -0.3 is 9.72 Å². The zero-order valence-electron chi connectivity index (χ0n) is 17.1. The fourth-order valence-corrected chi connectivity index (χ4v) is 3.52. The summed E-state index contributed by atoms with van der Waals surface area (Å²) in [7, 11) is 0. The van der Waals surface area contributed by atoms with Crippen molar-refractivity contribution in [2.45, 2.75) is 13.8 Å². The van der Waals surface area contributed by atoms with Gasteiger partial charge in [-0.3, -0.25) is 4.79 Å². The third-order valence-electron chi connectivity index (χ3n) is 4.94. The molecule has 2 heterocycles. The van der Waals surface area contributed by atoms with Crippen LogP contribution in [0.15, 0.2) is 47.3 Å². The molecule has 0 radical (unpaired) electrons. The molecule has 0 saturated heterocycles. The number of H-pyrrole nitrogens is 1. The SMILES string of the molecule is CCOC(=O)c1c(-c2ccc(C#N)cc2)[nH]c2c(-c3ccc(F)cc3F)c(C)nn2c1=O. The van der Waals surface area contributed by atoms with E-state index in [2.05, 4.69) is 10.1 Å². The fraction of sp³-hybridized carbons (Fsp3) is 0.130. The average molecular weight is 434 g/mol. The zero-order chi connectivity index (χ0) is 23.0. The Kier molecular flexibility index (Phi) is 5.28. The van der Waals surface area contributed by atoms with Gasteiger partial charge in [0.25, 0.3) is 5.56 Å². The fourth-order valence-electron chi connectivity index (χ4n) is 3.52. The number of halogens is 2. The number of hydrogen-bond acceptors (Lipinski definition) is 5. The molecule has 4 aromatic rings. The molecule has 160 valence electrons. The largest absolute Gasteiger partial charge is 0.462 e. The van der Waals surface area contributed by atoms with Crippen molar-refractivity contribution in [1.82, 2.24) is 14.6 Å². The first-order valence-electron chi connectivity index (χ1n) is 9.64. The van der Waals surface area contributed by atoms with Crippen LogP contribution in [0.5, 0.6) is 0 Å². The number of nitrogens with one attached hydrogen (secondary N) is 1. The van der Waals surface area contributed by atoms with E-state index in [0.717, 1.165) is 16.6 Å². The second-order valence-corrected chi connectivity index (χ2v) is 6.93. The molecule has 0 amide bonds. The number of fused-ring (bicyclic) bond motifs is 1. The second-order valence-electron chi connectivity index (χ2n) is 6.93. The molecule has 0 atom stereocenters. The molecular formula is C23H16F2N4O3. The van der Waals surface area contributed by atoms with Gasteiger partial charge in [0.1, 0.15) is 17.3 Å². The number of hydrogen-bond donors (Lipinski definition) is 1. The van der Waals surface area contributed by atoms with Crippen LogP contribution in [-0.2, 0) is 4.74 Å². The van der Waals surface area contributed by atoms with E-state index in [1.807, 2.05) is 6.07 Å². The van der Waals surface area contributed by atoms with Crippen molar-refractivity contribution in [3.63, 3.8) is 0 Å². The number of rotatable bonds is 4. The molecule has 0 aliphatic heterocycles. The summed E-state index contributed by atoms with van der Waals surface area (Å²) >= 11 is 0. The highest BCUT2D eigenvalue weighted by atomic mass is 19.1. The molecule has 0 saturated carbocycles. The van der Waals surface area contributed by atoms with Crippen LogP contribution >= 0.6 is 0 Å². The summed E-state index contributed by atoms with van der Waals surface area (Å²) in [6.45, 7) is 3.23. The minimum atomic E-state index is -0.849. The highest BCUT2D eigenvalue weighted by molar-refractivity contribution is 5.97. The molecule has 32 heavy (non-hydrogen) atoms. The van der Waals surface area contributed by atoms with Gasteiger partial charge in [0.15, 0.2) is 5.56 Å². The van der Waals surface area contributed by atoms with Gasteiger partial charge in [-0.1, -0.05) is 12.1 Å². The van der Waals surface area contributed by atoms with Crippen LogP contribution in [0.1, 0.15) is 28.5 Å². The summed E-state index contributed by atoms with van der Waals surface area (Å²) in [5.41, 5.74) is 0.663. The van der Waals surface area contributed by atoms with E-state index in [1.165, 1.54) is 18.2 Å². The smallest absolute Gasteiger partial charge is 0.346 e. The second kappa shape index (κ2) is 8.07. The van der Waals surface area contributed by atoms with E-state index in [9.17, 15) is 18.4 Å². The van der Waals surface area contributed by atoms with Gasteiger partial charge in [0, 0.05) is 11.6 Å². The highest BCUT2D eigenvalue weighted by Gasteiger charge is 2.26. The van der Waals surface area contributed by atoms with E-state index >= 15 is 0 Å². The van der Waals surface area contributed by atoms with Crippen LogP contribution in [0.3, 0.4) is 0 Å². The number of carbonyl (C=O) groups is 1. The molecule has 0 bridgehead atoms. The van der Waals surface area contributed by atoms with Crippen LogP contribution in [-0.4, -0.2) is 27.2 Å². The number of nitriles is 1. The number of aromatic amines is 1. The van der Waals surface area contributed by atoms with Gasteiger partial charge in [-0.2, -0.15) is 14.9 Å². The summed E-state index contributed by atoms with van der Waals surface area (Å²) in [6, 6.07) is 11.3. The summed E-state index contributed by atoms with van der Waals surface area (Å²) in [4.78, 5) is 28.9. The predicted octanol–water partition coefficient (Wildman–Crippen LogP) is 3.99. The van der Waals surface area contributed by atoms with E-state index < -0.39 is 23.2 Å². The average Bonchev–Trinajstić information content (AvgIpc) is 3.10. The molecule has 0 aliphatic carbocycles. The Morgan fingerprint density at radius 1 is 1.22 bits per heavy atom. The number of benzene rings is 2. The Bertz CT molecular complexity index is 1460. The van der Waals surface area contributed by atoms with Gasteiger partial charge in [0.2, 0.25) is 0 Å². The normalized spacial score (nSPS) is 10.8. The number of carbonyl (C=O) groups excluding carboxylic acids is 1. The van der Waals surface area contributed by atoms with Crippen molar-refractivity contribution in [3.05, 3.63) is 81.3 Å². The Hall–Kier alpha value is -4.32. The summed E-state index contributed by atoms with van der Waals surface area (Å²) < 4.78 is 34.0. The first kappa shape index (κ1) is 20.9. The monoisotopic (exact) mass is 434 g/mol. The van der Waals surface area contributed by atoms with Crippen LogP contribution in [0, 0.1) is 29.9 Å². The standard InChI is InChI=1S/C23H16F2N4O3/c1-3-32-23(31)19-20(14-6-4-13(11-26)5-7-14)27-21-18(12(2)28-29(21)22(19)30)16-9-8-15(24)10-17(16)25/h4-10,27H,3H2,1-2H3. The molecule has 2 aromatic heterocycles. The van der Waals surface area contributed by atoms with Crippen LogP contribution in [0.4, 0.5) is 8.78 Å². The number of esters is 1. The Morgan fingerprint density at radius 2 is 1.94 bits per heavy atom. The zero-order valence-corrected chi connectivity index (χ0v) is 17.1. The lowest BCUT2D eigenvalue weighted by molar-refractivity contribution is 0.0524. The van der Waals surface area contributed by atoms with Crippen molar-refractivity contribution in [3.8, 4) is 28.5 Å². The first-order chi connectivity index (χ1) is 15.3. The maximum atomic E-state index is 14.6. The Balaban J connectivity index is 2.08. The molecule has 1 N–H and O–H groups in total. The van der Waals surface area contributed by atoms with E-state index in [4.69, 9.17) is 10.00 Å². The van der Waals surface area contributed by atoms with E-state index in [1.54, 1.807) is 26.0 Å². The molecule has 4 rings (SSSR count). The van der Waals surface area contributed by atoms with E-state index in [0.29, 0.717) is 16.8 Å². The third kappa shape index (κ3) is 3.41. The summed E-state index contributed by atoms with van der Waals surface area (Å²) in [5, 5.41) is 13.2. The Labute approximate surface area is 180 Å². The minimum Gasteiger partial charge on any atom is -0.462 e. The maximum absolute atomic E-state index is 14.6. The van der Waals surface area contributed by atoms with Crippen molar-refractivity contribution >= 4 is 11.6 Å². The van der Waals surface area contributed by atoms with Gasteiger partial charge in [-0.05, 0) is 43.7 Å². The molecule has 2 aromatic carbocycles. The predicted molar refractivity (Wildman–Crippen MR) is 112 cm³/mol. The van der Waals surface area contributed by atoms with Gasteiger partial charge in [0.05, 0.1) is 35.2 Å². The van der Waals surface area contributed by atoms with Crippen LogP contribution in [0.25, 0.3) is 28.0 Å². The number of ether oxygens (including phenoxy) is 1. The molecule has 0 fully saturated rings. The maximum Gasteiger partial charge on any atom is 0.346 e. The molecule has 0 unspecified atom stereocenters. The van der Waals surface area contributed by atoms with Gasteiger partial charge in [-0.25, -0.2) is 13.6 Å². The van der Waals surface area contributed by atoms with Crippen molar-refractivity contribution in [2.24, 2.45) is 0 Å². The molecule has 0 aliphatic rings. The quantitative estimate of drug-likeness (QED) is 0.490. The number of nitrogens with zero attached hydrogens (tertiary/aromatic N) is 3. The van der Waals surface area contributed by atoms with E-state index in [-0.39, 0.29) is 34.6 Å². The molecule has 9 heteroatoms. The van der Waals surface area contributed by atoms with Crippen molar-refractivity contribution in [2.75, 3.05) is 6.61 Å². The molecule has 7 nitrogen and oxygen atoms in total. The highest BCUT2D eigenvalue weighted by Crippen LogP contribution is 2.31. The van der Waals surface area contributed by atoms with Crippen molar-refractivity contribution in [1.29, 1.82) is 5.26 Å². The first-order valence-corrected chi connectivity index (χ1v) is 9.64. The van der Waals surface area contributed by atoms with Crippen molar-refractivity contribution < 1.29 is 18.3 Å². The molecular weight excluding hydrogens is 418 g/mol. The topological polar surface area (TPSA) is 100 Å².